The molecule has 0 aromatic carbocycles. The second-order valence-corrected chi connectivity index (χ2v) is 4.45. The van der Waals surface area contributed by atoms with E-state index in [1.54, 1.807) is 12.4 Å². The summed E-state index contributed by atoms with van der Waals surface area (Å²) in [6.45, 7) is 0.668. The Morgan fingerprint density at radius 3 is 2.35 bits per heavy atom. The van der Waals surface area contributed by atoms with Crippen molar-refractivity contribution in [1.82, 2.24) is 15.2 Å². The molecule has 0 spiro atoms. The van der Waals surface area contributed by atoms with Crippen LogP contribution in [0.4, 0.5) is 23.7 Å². The standard InChI is InChI=1S/C12H15F3N4O/c13-12(14,15)9-17-11(20)19-7-5-18(6-8-19)10-1-3-16-4-2-10/h1-4H,5-9H2,(H,17,20). The molecule has 0 bridgehead atoms. The number of carbonyl (C=O) groups is 1. The van der Waals surface area contributed by atoms with Crippen LogP contribution < -0.4 is 10.2 Å². The highest BCUT2D eigenvalue weighted by atomic mass is 19.4. The maximum absolute atomic E-state index is 12.0. The molecule has 1 fully saturated rings. The van der Waals surface area contributed by atoms with Gasteiger partial charge in [0.05, 0.1) is 0 Å². The van der Waals surface area contributed by atoms with E-state index in [-0.39, 0.29) is 0 Å². The lowest BCUT2D eigenvalue weighted by Gasteiger charge is -2.36. The van der Waals surface area contributed by atoms with Crippen molar-refractivity contribution in [2.24, 2.45) is 0 Å². The SMILES string of the molecule is O=C(NCC(F)(F)F)N1CCN(c2ccncc2)CC1. The third-order valence-corrected chi connectivity index (χ3v) is 3.03. The van der Waals surface area contributed by atoms with Crippen LogP contribution in [0.1, 0.15) is 0 Å². The van der Waals surface area contributed by atoms with Crippen molar-refractivity contribution in [3.8, 4) is 0 Å². The second-order valence-electron chi connectivity index (χ2n) is 4.45. The van der Waals surface area contributed by atoms with Gasteiger partial charge in [-0.1, -0.05) is 0 Å². The van der Waals surface area contributed by atoms with Gasteiger partial charge in [-0.2, -0.15) is 13.2 Å². The van der Waals surface area contributed by atoms with E-state index in [0.29, 0.717) is 26.2 Å². The molecule has 0 saturated carbocycles. The Bertz CT molecular complexity index is 444. The smallest absolute Gasteiger partial charge is 0.368 e. The molecule has 2 amide bonds. The van der Waals surface area contributed by atoms with Crippen LogP contribution in [0.5, 0.6) is 0 Å². The summed E-state index contributed by atoms with van der Waals surface area (Å²) in [5.74, 6) is 0. The van der Waals surface area contributed by atoms with E-state index in [9.17, 15) is 18.0 Å². The van der Waals surface area contributed by atoms with Gasteiger partial charge in [0.25, 0.3) is 0 Å². The molecule has 1 aromatic heterocycles. The van der Waals surface area contributed by atoms with Crippen LogP contribution >= 0.6 is 0 Å². The largest absolute Gasteiger partial charge is 0.405 e. The van der Waals surface area contributed by atoms with Gasteiger partial charge in [0, 0.05) is 44.3 Å². The minimum atomic E-state index is -4.38. The fourth-order valence-electron chi connectivity index (χ4n) is 2.01. The van der Waals surface area contributed by atoms with Gasteiger partial charge >= 0.3 is 12.2 Å². The van der Waals surface area contributed by atoms with Gasteiger partial charge in [-0.05, 0) is 12.1 Å². The van der Waals surface area contributed by atoms with Crippen molar-refractivity contribution in [3.05, 3.63) is 24.5 Å². The number of aromatic nitrogens is 1. The van der Waals surface area contributed by atoms with E-state index >= 15 is 0 Å². The number of urea groups is 1. The Balaban J connectivity index is 1.81. The number of nitrogens with zero attached hydrogens (tertiary/aromatic N) is 3. The summed E-state index contributed by atoms with van der Waals surface area (Å²) in [5, 5.41) is 1.88. The van der Waals surface area contributed by atoms with Crippen LogP contribution in [-0.4, -0.2) is 54.8 Å². The van der Waals surface area contributed by atoms with E-state index in [0.717, 1.165) is 5.69 Å². The van der Waals surface area contributed by atoms with E-state index in [2.05, 4.69) is 9.88 Å². The van der Waals surface area contributed by atoms with Gasteiger partial charge in [-0.25, -0.2) is 4.79 Å². The van der Waals surface area contributed by atoms with Crippen molar-refractivity contribution >= 4 is 11.7 Å². The first-order valence-corrected chi connectivity index (χ1v) is 6.20. The number of halogens is 3. The Morgan fingerprint density at radius 1 is 1.20 bits per heavy atom. The maximum atomic E-state index is 12.0. The molecule has 0 unspecified atom stereocenters. The predicted molar refractivity (Wildman–Crippen MR) is 67.5 cm³/mol. The number of pyridine rings is 1. The Hall–Kier alpha value is -1.99. The van der Waals surface area contributed by atoms with Gasteiger partial charge in [0.15, 0.2) is 0 Å². The topological polar surface area (TPSA) is 48.5 Å². The number of amides is 2. The van der Waals surface area contributed by atoms with Crippen molar-refractivity contribution in [2.75, 3.05) is 37.6 Å². The van der Waals surface area contributed by atoms with Crippen molar-refractivity contribution < 1.29 is 18.0 Å². The van der Waals surface area contributed by atoms with Crippen LogP contribution in [0.15, 0.2) is 24.5 Å². The van der Waals surface area contributed by atoms with Gasteiger partial charge in [0.2, 0.25) is 0 Å². The lowest BCUT2D eigenvalue weighted by molar-refractivity contribution is -0.123. The van der Waals surface area contributed by atoms with Crippen LogP contribution in [0.25, 0.3) is 0 Å². The fraction of sp³-hybridized carbons (Fsp3) is 0.500. The molecule has 1 aromatic rings. The number of piperazine rings is 1. The molecule has 5 nitrogen and oxygen atoms in total. The normalized spacial score (nSPS) is 16.1. The number of nitrogens with one attached hydrogen (secondary N) is 1. The number of alkyl halides is 3. The molecular formula is C12H15F3N4O. The van der Waals surface area contributed by atoms with Gasteiger partial charge < -0.3 is 15.1 Å². The van der Waals surface area contributed by atoms with E-state index in [1.165, 1.54) is 4.90 Å². The van der Waals surface area contributed by atoms with E-state index in [4.69, 9.17) is 0 Å². The van der Waals surface area contributed by atoms with Gasteiger partial charge in [-0.15, -0.1) is 0 Å². The molecular weight excluding hydrogens is 273 g/mol. The van der Waals surface area contributed by atoms with Crippen molar-refractivity contribution in [3.63, 3.8) is 0 Å². The first-order chi connectivity index (χ1) is 9.46. The molecule has 2 rings (SSSR count). The van der Waals surface area contributed by atoms with Crippen molar-refractivity contribution in [1.29, 1.82) is 0 Å². The van der Waals surface area contributed by atoms with Gasteiger partial charge in [0.1, 0.15) is 6.54 Å². The lowest BCUT2D eigenvalue weighted by Crippen LogP contribution is -2.53. The zero-order chi connectivity index (χ0) is 14.6. The summed E-state index contributed by atoms with van der Waals surface area (Å²) < 4.78 is 36.1. The molecule has 1 aliphatic heterocycles. The summed E-state index contributed by atoms with van der Waals surface area (Å²) in [6, 6.07) is 3.05. The number of hydrogen-bond donors (Lipinski definition) is 1. The average molecular weight is 288 g/mol. The highest BCUT2D eigenvalue weighted by Gasteiger charge is 2.29. The second kappa shape index (κ2) is 5.98. The monoisotopic (exact) mass is 288 g/mol. The number of rotatable bonds is 2. The summed E-state index contributed by atoms with van der Waals surface area (Å²) in [6.07, 6.45) is -1.02. The molecule has 1 N–H and O–H groups in total. The zero-order valence-corrected chi connectivity index (χ0v) is 10.7. The molecule has 8 heteroatoms. The minimum absolute atomic E-state index is 0.395. The average Bonchev–Trinajstić information content (AvgIpc) is 2.45. The number of hydrogen-bond acceptors (Lipinski definition) is 3. The Labute approximate surface area is 114 Å². The number of anilines is 1. The number of carbonyl (C=O) groups excluding carboxylic acids is 1. The van der Waals surface area contributed by atoms with E-state index < -0.39 is 18.8 Å². The van der Waals surface area contributed by atoms with Crippen molar-refractivity contribution in [2.45, 2.75) is 6.18 Å². The quantitative estimate of drug-likeness (QED) is 0.896. The summed E-state index contributed by atoms with van der Waals surface area (Å²) in [4.78, 5) is 19.0. The van der Waals surface area contributed by atoms with Crippen LogP contribution in [0, 0.1) is 0 Å². The lowest BCUT2D eigenvalue weighted by atomic mass is 10.3. The predicted octanol–water partition coefficient (Wildman–Crippen LogP) is 1.48. The van der Waals surface area contributed by atoms with Crippen LogP contribution in [0.3, 0.4) is 0 Å². The third-order valence-electron chi connectivity index (χ3n) is 3.03. The Kier molecular flexibility index (Phi) is 4.31. The Morgan fingerprint density at radius 2 is 1.80 bits per heavy atom. The van der Waals surface area contributed by atoms with Gasteiger partial charge in [-0.3, -0.25) is 4.98 Å². The maximum Gasteiger partial charge on any atom is 0.405 e. The fourth-order valence-corrected chi connectivity index (χ4v) is 2.01. The third kappa shape index (κ3) is 4.01. The summed E-state index contributed by atoms with van der Waals surface area (Å²) in [5.41, 5.74) is 0.996. The first-order valence-electron chi connectivity index (χ1n) is 6.20. The molecule has 20 heavy (non-hydrogen) atoms. The molecule has 2 heterocycles. The molecule has 0 radical (unpaired) electrons. The molecule has 1 saturated heterocycles. The molecule has 1 aliphatic rings. The van der Waals surface area contributed by atoms with Crippen LogP contribution in [0.2, 0.25) is 0 Å². The highest BCUT2D eigenvalue weighted by Crippen LogP contribution is 2.15. The molecule has 110 valence electrons. The highest BCUT2D eigenvalue weighted by molar-refractivity contribution is 5.74. The molecule has 0 aliphatic carbocycles. The zero-order valence-electron chi connectivity index (χ0n) is 10.7. The minimum Gasteiger partial charge on any atom is -0.368 e. The molecule has 0 atom stereocenters. The summed E-state index contributed by atoms with van der Waals surface area (Å²) >= 11 is 0. The van der Waals surface area contributed by atoms with Crippen LogP contribution in [-0.2, 0) is 0 Å². The summed E-state index contributed by atoms with van der Waals surface area (Å²) in [7, 11) is 0. The first kappa shape index (κ1) is 14.4. The van der Waals surface area contributed by atoms with E-state index in [1.807, 2.05) is 17.4 Å².